The van der Waals surface area contributed by atoms with E-state index in [9.17, 15) is 9.90 Å². The molecule has 1 aromatic heterocycles. The zero-order valence-corrected chi connectivity index (χ0v) is 20.4. The molecule has 1 N–H and O–H groups in total. The number of carboxylic acid groups (broad SMARTS) is 1. The van der Waals surface area contributed by atoms with Gasteiger partial charge in [0, 0.05) is 12.8 Å². The van der Waals surface area contributed by atoms with Gasteiger partial charge in [-0.15, -0.1) is 5.10 Å². The van der Waals surface area contributed by atoms with E-state index in [1.165, 1.54) is 0 Å². The molecule has 1 fully saturated rings. The number of carboxylic acids is 1. The number of aromatic nitrogens is 3. The first kappa shape index (κ1) is 25.0. The van der Waals surface area contributed by atoms with E-state index >= 15 is 8.78 Å². The Morgan fingerprint density at radius 3 is 2.46 bits per heavy atom. The standard InChI is InChI=1S/C28H33F2N3O2/c1-3-19(2)33-25(31-27(32-33)28(29,30)18-21-9-5-4-6-10-21)17-20-13-15-22(16-14-20)23-11-7-8-12-24(23)26(34)35/h7-8,11-16,19,21H,3-6,9-10,17-18H2,1-2H3,(H,34,35). The molecule has 1 unspecified atom stereocenters. The molecule has 1 atom stereocenters. The fraction of sp³-hybridized carbons (Fsp3) is 0.464. The van der Waals surface area contributed by atoms with Crippen LogP contribution in [0.4, 0.5) is 8.78 Å². The second kappa shape index (κ2) is 10.7. The van der Waals surface area contributed by atoms with Crippen LogP contribution in [0.3, 0.4) is 0 Å². The number of hydrogen-bond acceptors (Lipinski definition) is 3. The fourth-order valence-corrected chi connectivity index (χ4v) is 4.91. The summed E-state index contributed by atoms with van der Waals surface area (Å²) in [5.74, 6) is -3.84. The maximum Gasteiger partial charge on any atom is 0.336 e. The number of nitrogens with zero attached hydrogens (tertiary/aromatic N) is 3. The molecule has 5 nitrogen and oxygen atoms in total. The molecular weight excluding hydrogens is 448 g/mol. The van der Waals surface area contributed by atoms with E-state index < -0.39 is 11.9 Å². The van der Waals surface area contributed by atoms with Gasteiger partial charge >= 0.3 is 11.9 Å². The van der Waals surface area contributed by atoms with Crippen LogP contribution in [0, 0.1) is 5.92 Å². The lowest BCUT2D eigenvalue weighted by Gasteiger charge is -2.24. The molecule has 0 radical (unpaired) electrons. The molecule has 0 saturated heterocycles. The highest BCUT2D eigenvalue weighted by molar-refractivity contribution is 5.95. The van der Waals surface area contributed by atoms with Crippen molar-refractivity contribution in [3.63, 3.8) is 0 Å². The van der Waals surface area contributed by atoms with E-state index in [1.807, 2.05) is 38.1 Å². The van der Waals surface area contributed by atoms with Gasteiger partial charge in [-0.3, -0.25) is 0 Å². The summed E-state index contributed by atoms with van der Waals surface area (Å²) in [4.78, 5) is 15.9. The van der Waals surface area contributed by atoms with Crippen LogP contribution in [-0.2, 0) is 12.3 Å². The molecule has 0 bridgehead atoms. The summed E-state index contributed by atoms with van der Waals surface area (Å²) >= 11 is 0. The normalized spacial score (nSPS) is 15.8. The number of carbonyl (C=O) groups is 1. The first-order valence-electron chi connectivity index (χ1n) is 12.5. The third kappa shape index (κ3) is 5.77. The van der Waals surface area contributed by atoms with Crippen molar-refractivity contribution >= 4 is 5.97 Å². The van der Waals surface area contributed by atoms with Crippen molar-refractivity contribution in [1.82, 2.24) is 14.8 Å². The van der Waals surface area contributed by atoms with Gasteiger partial charge in [-0.2, -0.15) is 8.78 Å². The highest BCUT2D eigenvalue weighted by Crippen LogP contribution is 2.39. The van der Waals surface area contributed by atoms with E-state index in [0.29, 0.717) is 17.8 Å². The van der Waals surface area contributed by atoms with Gasteiger partial charge in [-0.05, 0) is 42.0 Å². The van der Waals surface area contributed by atoms with Gasteiger partial charge in [0.2, 0.25) is 5.82 Å². The van der Waals surface area contributed by atoms with Crippen LogP contribution in [0.5, 0.6) is 0 Å². The third-order valence-corrected chi connectivity index (χ3v) is 7.09. The Balaban J connectivity index is 1.57. The zero-order valence-electron chi connectivity index (χ0n) is 20.4. The molecule has 3 aromatic rings. The molecule has 0 aliphatic heterocycles. The van der Waals surface area contributed by atoms with Crippen molar-refractivity contribution in [2.45, 2.75) is 77.2 Å². The van der Waals surface area contributed by atoms with Crippen LogP contribution >= 0.6 is 0 Å². The summed E-state index contributed by atoms with van der Waals surface area (Å²) < 4.78 is 32.0. The number of hydrogen-bond donors (Lipinski definition) is 1. The Morgan fingerprint density at radius 1 is 1.11 bits per heavy atom. The Bertz CT molecular complexity index is 1150. The molecule has 2 aromatic carbocycles. The summed E-state index contributed by atoms with van der Waals surface area (Å²) in [6.45, 7) is 3.97. The molecule has 1 aliphatic rings. The Hall–Kier alpha value is -3.09. The molecule has 35 heavy (non-hydrogen) atoms. The maximum absolute atomic E-state index is 15.2. The lowest BCUT2D eigenvalue weighted by molar-refractivity contribution is -0.0420. The third-order valence-electron chi connectivity index (χ3n) is 7.09. The number of halogens is 2. The molecule has 1 aliphatic carbocycles. The van der Waals surface area contributed by atoms with E-state index in [-0.39, 0.29) is 29.8 Å². The maximum atomic E-state index is 15.2. The minimum absolute atomic E-state index is 0.0268. The van der Waals surface area contributed by atoms with Crippen molar-refractivity contribution < 1.29 is 18.7 Å². The number of alkyl halides is 2. The van der Waals surface area contributed by atoms with Crippen LogP contribution in [0.15, 0.2) is 48.5 Å². The molecule has 0 amide bonds. The van der Waals surface area contributed by atoms with Crippen LogP contribution in [-0.4, -0.2) is 25.8 Å². The summed E-state index contributed by atoms with van der Waals surface area (Å²) in [7, 11) is 0. The molecule has 0 spiro atoms. The quantitative estimate of drug-likeness (QED) is 0.349. The minimum Gasteiger partial charge on any atom is -0.478 e. The summed E-state index contributed by atoms with van der Waals surface area (Å²) in [5.41, 5.74) is 2.57. The predicted octanol–water partition coefficient (Wildman–Crippen LogP) is 7.27. The van der Waals surface area contributed by atoms with E-state index in [4.69, 9.17) is 0 Å². The van der Waals surface area contributed by atoms with Crippen molar-refractivity contribution in [1.29, 1.82) is 0 Å². The summed E-state index contributed by atoms with van der Waals surface area (Å²) in [5, 5.41) is 13.8. The van der Waals surface area contributed by atoms with Crippen LogP contribution in [0.1, 0.15) is 92.4 Å². The average Bonchev–Trinajstić information content (AvgIpc) is 3.29. The van der Waals surface area contributed by atoms with Crippen molar-refractivity contribution in [2.24, 2.45) is 5.92 Å². The molecule has 4 rings (SSSR count). The summed E-state index contributed by atoms with van der Waals surface area (Å²) in [6.07, 6.45) is 5.83. The van der Waals surface area contributed by atoms with Crippen LogP contribution < -0.4 is 0 Å². The zero-order chi connectivity index (χ0) is 25.0. The predicted molar refractivity (Wildman–Crippen MR) is 132 cm³/mol. The largest absolute Gasteiger partial charge is 0.478 e. The topological polar surface area (TPSA) is 68.0 Å². The Labute approximate surface area is 205 Å². The van der Waals surface area contributed by atoms with Crippen LogP contribution in [0.2, 0.25) is 0 Å². The molecule has 1 heterocycles. The van der Waals surface area contributed by atoms with Gasteiger partial charge in [0.05, 0.1) is 11.6 Å². The van der Waals surface area contributed by atoms with Gasteiger partial charge in [-0.25, -0.2) is 14.5 Å². The van der Waals surface area contributed by atoms with Gasteiger partial charge in [-0.1, -0.05) is 81.5 Å². The van der Waals surface area contributed by atoms with Gasteiger partial charge in [0.25, 0.3) is 0 Å². The molecule has 1 saturated carbocycles. The highest BCUT2D eigenvalue weighted by atomic mass is 19.3. The Kier molecular flexibility index (Phi) is 7.63. The van der Waals surface area contributed by atoms with E-state index in [0.717, 1.165) is 49.7 Å². The SMILES string of the molecule is CCC(C)n1nc(C(F)(F)CC2CCCCC2)nc1Cc1ccc(-c2ccccc2C(=O)O)cc1. The van der Waals surface area contributed by atoms with Crippen molar-refractivity contribution in [2.75, 3.05) is 0 Å². The van der Waals surface area contributed by atoms with Crippen molar-refractivity contribution in [3.05, 3.63) is 71.3 Å². The number of aromatic carboxylic acids is 1. The second-order valence-corrected chi connectivity index (χ2v) is 9.69. The van der Waals surface area contributed by atoms with Gasteiger partial charge in [0.1, 0.15) is 5.82 Å². The lowest BCUT2D eigenvalue weighted by Crippen LogP contribution is -2.22. The lowest BCUT2D eigenvalue weighted by atomic mass is 9.85. The first-order valence-corrected chi connectivity index (χ1v) is 12.5. The monoisotopic (exact) mass is 481 g/mol. The second-order valence-electron chi connectivity index (χ2n) is 9.69. The molecular formula is C28H33F2N3O2. The summed E-state index contributed by atoms with van der Waals surface area (Å²) in [6, 6.07) is 14.3. The first-order chi connectivity index (χ1) is 16.8. The fourth-order valence-electron chi connectivity index (χ4n) is 4.91. The Morgan fingerprint density at radius 2 is 1.80 bits per heavy atom. The number of benzene rings is 2. The van der Waals surface area contributed by atoms with E-state index in [2.05, 4.69) is 10.1 Å². The van der Waals surface area contributed by atoms with Crippen LogP contribution in [0.25, 0.3) is 11.1 Å². The smallest absolute Gasteiger partial charge is 0.336 e. The minimum atomic E-state index is -3.04. The van der Waals surface area contributed by atoms with Gasteiger partial charge < -0.3 is 5.11 Å². The highest BCUT2D eigenvalue weighted by Gasteiger charge is 2.40. The molecule has 7 heteroatoms. The van der Waals surface area contributed by atoms with Gasteiger partial charge in [0.15, 0.2) is 0 Å². The molecule has 186 valence electrons. The van der Waals surface area contributed by atoms with Crippen molar-refractivity contribution in [3.8, 4) is 11.1 Å². The number of rotatable bonds is 9. The average molecular weight is 482 g/mol. The van der Waals surface area contributed by atoms with E-state index in [1.54, 1.807) is 28.9 Å².